The van der Waals surface area contributed by atoms with Gasteiger partial charge in [0.05, 0.1) is 12.6 Å². The molecule has 31 heavy (non-hydrogen) atoms. The van der Waals surface area contributed by atoms with Gasteiger partial charge in [-0.15, -0.1) is 0 Å². The standard InChI is InChI=1S/C25H30N2O4/c1-17(2)14-20(22(28)25(3)16-31-25)26-24(30)21(15-18-10-6-4-7-11-18)27-23(29)19-12-8-5-9-13-19/h4-13,17,20-21H,14-16H2,1-3H3,(H,26,30)(H,27,29)/t20-,21-,25+/m0/s1. The third kappa shape index (κ3) is 6.25. The van der Waals surface area contributed by atoms with Crippen molar-refractivity contribution in [1.29, 1.82) is 0 Å². The molecule has 1 aliphatic heterocycles. The first-order valence-electron chi connectivity index (χ1n) is 10.7. The van der Waals surface area contributed by atoms with E-state index in [0.717, 1.165) is 5.56 Å². The number of amides is 2. The second-order valence-corrected chi connectivity index (χ2v) is 8.66. The van der Waals surface area contributed by atoms with E-state index in [-0.39, 0.29) is 23.5 Å². The third-order valence-corrected chi connectivity index (χ3v) is 5.38. The summed E-state index contributed by atoms with van der Waals surface area (Å²) in [5.41, 5.74) is 0.567. The van der Waals surface area contributed by atoms with E-state index >= 15 is 0 Å². The van der Waals surface area contributed by atoms with Crippen LogP contribution in [0.5, 0.6) is 0 Å². The van der Waals surface area contributed by atoms with Gasteiger partial charge in [-0.05, 0) is 37.0 Å². The molecule has 2 aromatic carbocycles. The Hall–Kier alpha value is -2.99. The molecule has 0 aromatic heterocycles. The highest BCUT2D eigenvalue weighted by atomic mass is 16.6. The van der Waals surface area contributed by atoms with Crippen molar-refractivity contribution >= 4 is 17.6 Å². The molecule has 6 nitrogen and oxygen atoms in total. The summed E-state index contributed by atoms with van der Waals surface area (Å²) in [6.07, 6.45) is 0.829. The number of hydrogen-bond donors (Lipinski definition) is 2. The van der Waals surface area contributed by atoms with Crippen LogP contribution in [0.15, 0.2) is 60.7 Å². The molecule has 2 amide bonds. The van der Waals surface area contributed by atoms with Gasteiger partial charge in [0.1, 0.15) is 11.6 Å². The number of ketones is 1. The van der Waals surface area contributed by atoms with Crippen LogP contribution in [0.2, 0.25) is 0 Å². The van der Waals surface area contributed by atoms with Crippen molar-refractivity contribution in [2.24, 2.45) is 5.92 Å². The van der Waals surface area contributed by atoms with Crippen LogP contribution in [-0.4, -0.2) is 41.9 Å². The Kier molecular flexibility index (Phi) is 7.23. The van der Waals surface area contributed by atoms with Gasteiger partial charge in [0.25, 0.3) is 5.91 Å². The topological polar surface area (TPSA) is 87.8 Å². The summed E-state index contributed by atoms with van der Waals surface area (Å²) in [7, 11) is 0. The Balaban J connectivity index is 1.78. The monoisotopic (exact) mass is 422 g/mol. The van der Waals surface area contributed by atoms with Gasteiger partial charge in [-0.1, -0.05) is 62.4 Å². The number of rotatable bonds is 10. The number of nitrogens with one attached hydrogen (secondary N) is 2. The summed E-state index contributed by atoms with van der Waals surface area (Å²) in [4.78, 5) is 38.9. The molecule has 6 heteroatoms. The van der Waals surface area contributed by atoms with Crippen LogP contribution < -0.4 is 10.6 Å². The number of carbonyl (C=O) groups excluding carboxylic acids is 3. The number of Topliss-reactive ketones (excluding diaryl/α,β-unsaturated/α-hetero) is 1. The molecule has 0 unspecified atom stereocenters. The lowest BCUT2D eigenvalue weighted by atomic mass is 9.93. The molecule has 164 valence electrons. The molecule has 1 fully saturated rings. The molecular formula is C25H30N2O4. The van der Waals surface area contributed by atoms with Gasteiger partial charge in [-0.3, -0.25) is 14.4 Å². The molecule has 0 radical (unpaired) electrons. The summed E-state index contributed by atoms with van der Waals surface area (Å²) >= 11 is 0. The van der Waals surface area contributed by atoms with Crippen molar-refractivity contribution in [2.45, 2.75) is 51.3 Å². The van der Waals surface area contributed by atoms with Gasteiger partial charge in [0.15, 0.2) is 5.78 Å². The van der Waals surface area contributed by atoms with Crippen molar-refractivity contribution in [1.82, 2.24) is 10.6 Å². The SMILES string of the molecule is CC(C)C[C@H](NC(=O)[C@H](Cc1ccccc1)NC(=O)c1ccccc1)C(=O)[C@@]1(C)CO1. The molecular weight excluding hydrogens is 392 g/mol. The van der Waals surface area contributed by atoms with Crippen molar-refractivity contribution in [3.63, 3.8) is 0 Å². The summed E-state index contributed by atoms with van der Waals surface area (Å²) in [5, 5.41) is 5.73. The Morgan fingerprint density at radius 1 is 0.935 bits per heavy atom. The highest BCUT2D eigenvalue weighted by Crippen LogP contribution is 2.29. The smallest absolute Gasteiger partial charge is 0.251 e. The van der Waals surface area contributed by atoms with Crippen LogP contribution in [-0.2, 0) is 20.7 Å². The van der Waals surface area contributed by atoms with Gasteiger partial charge < -0.3 is 15.4 Å². The number of ether oxygens (including phenoxy) is 1. The zero-order chi connectivity index (χ0) is 22.4. The predicted octanol–water partition coefficient (Wildman–Crippen LogP) is 2.92. The van der Waals surface area contributed by atoms with Crippen molar-refractivity contribution in [3.05, 3.63) is 71.8 Å². The zero-order valence-electron chi connectivity index (χ0n) is 18.3. The quantitative estimate of drug-likeness (QED) is 0.577. The summed E-state index contributed by atoms with van der Waals surface area (Å²) in [6, 6.07) is 16.8. The molecule has 3 rings (SSSR count). The van der Waals surface area contributed by atoms with E-state index in [1.807, 2.05) is 50.2 Å². The van der Waals surface area contributed by atoms with E-state index in [1.165, 1.54) is 0 Å². The van der Waals surface area contributed by atoms with Crippen molar-refractivity contribution < 1.29 is 19.1 Å². The Bertz CT molecular complexity index is 908. The Labute approximate surface area is 183 Å². The Morgan fingerprint density at radius 3 is 2.06 bits per heavy atom. The first-order chi connectivity index (χ1) is 14.8. The Morgan fingerprint density at radius 2 is 1.52 bits per heavy atom. The van der Waals surface area contributed by atoms with Gasteiger partial charge in [0.2, 0.25) is 5.91 Å². The van der Waals surface area contributed by atoms with E-state index in [4.69, 9.17) is 4.74 Å². The second-order valence-electron chi connectivity index (χ2n) is 8.66. The number of hydrogen-bond acceptors (Lipinski definition) is 4. The zero-order valence-corrected chi connectivity index (χ0v) is 18.3. The van der Waals surface area contributed by atoms with E-state index in [9.17, 15) is 14.4 Å². The molecule has 0 spiro atoms. The minimum absolute atomic E-state index is 0.123. The number of epoxide rings is 1. The fourth-order valence-corrected chi connectivity index (χ4v) is 3.48. The lowest BCUT2D eigenvalue weighted by Gasteiger charge is -2.25. The van der Waals surface area contributed by atoms with Crippen LogP contribution in [0.25, 0.3) is 0 Å². The molecule has 1 saturated heterocycles. The normalized spacial score (nSPS) is 19.4. The average molecular weight is 423 g/mol. The predicted molar refractivity (Wildman–Crippen MR) is 119 cm³/mol. The molecule has 2 aromatic rings. The second kappa shape index (κ2) is 9.88. The molecule has 1 aliphatic rings. The van der Waals surface area contributed by atoms with Crippen LogP contribution >= 0.6 is 0 Å². The minimum atomic E-state index is -0.824. The van der Waals surface area contributed by atoms with Crippen LogP contribution in [0.1, 0.15) is 43.1 Å². The lowest BCUT2D eigenvalue weighted by Crippen LogP contribution is -2.54. The van der Waals surface area contributed by atoms with Gasteiger partial charge in [0, 0.05) is 12.0 Å². The van der Waals surface area contributed by atoms with E-state index in [2.05, 4.69) is 10.6 Å². The van der Waals surface area contributed by atoms with Gasteiger partial charge in [-0.25, -0.2) is 0 Å². The minimum Gasteiger partial charge on any atom is -0.361 e. The molecule has 0 aliphatic carbocycles. The van der Waals surface area contributed by atoms with E-state index in [1.54, 1.807) is 31.2 Å². The molecule has 2 N–H and O–H groups in total. The first kappa shape index (κ1) is 22.7. The van der Waals surface area contributed by atoms with Crippen molar-refractivity contribution in [2.75, 3.05) is 6.61 Å². The van der Waals surface area contributed by atoms with E-state index in [0.29, 0.717) is 25.0 Å². The number of carbonyl (C=O) groups is 3. The number of benzene rings is 2. The first-order valence-corrected chi connectivity index (χ1v) is 10.7. The van der Waals surface area contributed by atoms with Crippen LogP contribution in [0.4, 0.5) is 0 Å². The maximum atomic E-state index is 13.2. The van der Waals surface area contributed by atoms with Crippen LogP contribution in [0.3, 0.4) is 0 Å². The van der Waals surface area contributed by atoms with Crippen molar-refractivity contribution in [3.8, 4) is 0 Å². The summed E-state index contributed by atoms with van der Waals surface area (Å²) in [5.74, 6) is -0.622. The fourth-order valence-electron chi connectivity index (χ4n) is 3.48. The highest BCUT2D eigenvalue weighted by Gasteiger charge is 2.50. The maximum Gasteiger partial charge on any atom is 0.251 e. The summed E-state index contributed by atoms with van der Waals surface area (Å²) in [6.45, 7) is 6.12. The molecule has 0 saturated carbocycles. The summed E-state index contributed by atoms with van der Waals surface area (Å²) < 4.78 is 5.31. The molecule has 0 bridgehead atoms. The average Bonchev–Trinajstić information content (AvgIpc) is 3.51. The van der Waals surface area contributed by atoms with E-state index < -0.39 is 17.7 Å². The fraction of sp³-hybridized carbons (Fsp3) is 0.400. The van der Waals surface area contributed by atoms with Crippen LogP contribution in [0, 0.1) is 5.92 Å². The third-order valence-electron chi connectivity index (χ3n) is 5.38. The lowest BCUT2D eigenvalue weighted by molar-refractivity contribution is -0.131. The van der Waals surface area contributed by atoms with Gasteiger partial charge in [-0.2, -0.15) is 0 Å². The highest BCUT2D eigenvalue weighted by molar-refractivity contribution is 6.00. The largest absolute Gasteiger partial charge is 0.361 e. The van der Waals surface area contributed by atoms with Gasteiger partial charge >= 0.3 is 0 Å². The molecule has 3 atom stereocenters. The molecule has 1 heterocycles. The maximum absolute atomic E-state index is 13.2.